The molecule has 2 unspecified atom stereocenters. The minimum Gasteiger partial charge on any atom is -0.462 e. The number of hydrogen-bond donors (Lipinski definition) is 4. The number of carbonyl (C=O) groups is 2. The molecular formula is C46H73O11P. The van der Waals surface area contributed by atoms with Crippen molar-refractivity contribution in [2.24, 2.45) is 0 Å². The van der Waals surface area contributed by atoms with Crippen molar-refractivity contribution in [1.29, 1.82) is 0 Å². The van der Waals surface area contributed by atoms with Crippen LogP contribution >= 0.6 is 7.82 Å². The summed E-state index contributed by atoms with van der Waals surface area (Å²) in [5.74, 6) is -1.10. The lowest BCUT2D eigenvalue weighted by atomic mass is 10.2. The monoisotopic (exact) mass is 832 g/mol. The minimum absolute atomic E-state index is 0.0694. The Morgan fingerprint density at radius 2 is 1.10 bits per heavy atom. The van der Waals surface area contributed by atoms with E-state index >= 15 is 0 Å². The molecule has 0 rings (SSSR count). The molecule has 328 valence electrons. The number of rotatable bonds is 37. The van der Waals surface area contributed by atoms with Crippen molar-refractivity contribution in [2.75, 3.05) is 26.4 Å². The van der Waals surface area contributed by atoms with Crippen LogP contribution in [-0.4, -0.2) is 76.9 Å². The van der Waals surface area contributed by atoms with E-state index in [-0.39, 0.29) is 19.4 Å². The van der Waals surface area contributed by atoms with Crippen molar-refractivity contribution in [1.82, 2.24) is 0 Å². The Labute approximate surface area is 348 Å². The highest BCUT2D eigenvalue weighted by atomic mass is 31.2. The zero-order valence-electron chi connectivity index (χ0n) is 35.1. The molecule has 0 aliphatic carbocycles. The van der Waals surface area contributed by atoms with Crippen LogP contribution in [0.25, 0.3) is 0 Å². The van der Waals surface area contributed by atoms with E-state index in [4.69, 9.17) is 19.1 Å². The van der Waals surface area contributed by atoms with E-state index in [2.05, 4.69) is 54.0 Å². The summed E-state index contributed by atoms with van der Waals surface area (Å²) in [7, 11) is -4.66. The first-order chi connectivity index (χ1) is 28.1. The molecule has 0 aliphatic rings. The zero-order valence-corrected chi connectivity index (χ0v) is 36.0. The Balaban J connectivity index is 4.57. The van der Waals surface area contributed by atoms with E-state index in [0.29, 0.717) is 32.1 Å². The van der Waals surface area contributed by atoms with Gasteiger partial charge in [0.15, 0.2) is 6.10 Å². The highest BCUT2D eigenvalue weighted by molar-refractivity contribution is 7.47. The van der Waals surface area contributed by atoms with Crippen molar-refractivity contribution < 1.29 is 52.9 Å². The number of carbonyl (C=O) groups excluding carboxylic acids is 2. The predicted molar refractivity (Wildman–Crippen MR) is 234 cm³/mol. The summed E-state index contributed by atoms with van der Waals surface area (Å²) in [5.41, 5.74) is 0. The molecule has 0 amide bonds. The number of ether oxygens (including phenoxy) is 2. The normalized spacial score (nSPS) is 15.5. The van der Waals surface area contributed by atoms with Crippen LogP contribution in [0.2, 0.25) is 0 Å². The first-order valence-corrected chi connectivity index (χ1v) is 22.4. The molecule has 0 aliphatic heterocycles. The van der Waals surface area contributed by atoms with E-state index < -0.39 is 57.9 Å². The largest absolute Gasteiger partial charge is 0.472 e. The van der Waals surface area contributed by atoms with Gasteiger partial charge in [-0.15, -0.1) is 0 Å². The summed E-state index contributed by atoms with van der Waals surface area (Å²) in [5, 5.41) is 28.1. The first-order valence-electron chi connectivity index (χ1n) is 21.0. The second-order valence-corrected chi connectivity index (χ2v) is 14.9. The van der Waals surface area contributed by atoms with Gasteiger partial charge in [0.05, 0.1) is 25.9 Å². The number of hydrogen-bond acceptors (Lipinski definition) is 10. The Kier molecular flexibility index (Phi) is 38.0. The standard InChI is InChI=1S/C46H73O11P/c1-3-5-7-8-9-10-11-12-13-14-15-16-20-23-26-29-32-36-45(50)54-40-44(41-56-58(52,53)55-39-43(49)38-47)57-46(51)37-33-30-27-24-21-18-17-19-22-25-28-31-35-42(48)34-6-4-2/h6,9-10,12-13,15-18,22-28,31,34,42-44,47-49H,3-5,7-8,11,14,19-21,29-30,32-33,35-41H2,1-2H3,(H,52,53)/b10-9-,13-12-,16-15-,18-17-,25-22-,26-23-,27-24-,31-28+,34-6-/t42?,43-,44+/m0/s1. The molecule has 0 aromatic heterocycles. The molecule has 0 bridgehead atoms. The van der Waals surface area contributed by atoms with Crippen LogP contribution in [0.1, 0.15) is 123 Å². The number of allylic oxidation sites excluding steroid dienone is 16. The molecule has 4 atom stereocenters. The van der Waals surface area contributed by atoms with Crippen molar-refractivity contribution in [3.05, 3.63) is 109 Å². The van der Waals surface area contributed by atoms with Gasteiger partial charge in [-0.3, -0.25) is 18.6 Å². The first kappa shape index (κ1) is 54.6. The minimum atomic E-state index is -4.66. The number of aliphatic hydroxyl groups excluding tert-OH is 3. The summed E-state index contributed by atoms with van der Waals surface area (Å²) in [6.45, 7) is 1.94. The SMILES string of the molecule is CC/C=C\C(O)C/C=C/C=C\C/C=C\C/C=C\CCCC(=O)O[C@H](COC(=O)CCC/C=C\C/C=C\C/C=C\C/C=C\CCCCC)COP(=O)(O)OC[C@@H](O)CO. The second-order valence-electron chi connectivity index (χ2n) is 13.5. The van der Waals surface area contributed by atoms with Crippen LogP contribution < -0.4 is 0 Å². The van der Waals surface area contributed by atoms with Crippen LogP contribution in [-0.2, 0) is 32.7 Å². The zero-order chi connectivity index (χ0) is 42.8. The number of unbranched alkanes of at least 4 members (excludes halogenated alkanes) is 5. The number of aliphatic hydroxyl groups is 3. The van der Waals surface area contributed by atoms with Crippen LogP contribution in [0.5, 0.6) is 0 Å². The fourth-order valence-electron chi connectivity index (χ4n) is 4.75. The lowest BCUT2D eigenvalue weighted by Gasteiger charge is -2.20. The van der Waals surface area contributed by atoms with Gasteiger partial charge in [-0.05, 0) is 83.5 Å². The van der Waals surface area contributed by atoms with Crippen molar-refractivity contribution >= 4 is 19.8 Å². The third kappa shape index (κ3) is 39.4. The number of esters is 2. The van der Waals surface area contributed by atoms with Crippen molar-refractivity contribution in [2.45, 2.75) is 141 Å². The molecule has 0 saturated carbocycles. The highest BCUT2D eigenvalue weighted by Crippen LogP contribution is 2.43. The molecular weight excluding hydrogens is 759 g/mol. The Morgan fingerprint density at radius 3 is 1.66 bits per heavy atom. The predicted octanol–water partition coefficient (Wildman–Crippen LogP) is 9.97. The average molecular weight is 833 g/mol. The molecule has 11 nitrogen and oxygen atoms in total. The molecule has 0 fully saturated rings. The molecule has 0 heterocycles. The summed E-state index contributed by atoms with van der Waals surface area (Å²) in [4.78, 5) is 34.9. The number of phosphoric ester groups is 1. The second kappa shape index (κ2) is 40.4. The quantitative estimate of drug-likeness (QED) is 0.0155. The van der Waals surface area contributed by atoms with Gasteiger partial charge in [-0.25, -0.2) is 4.57 Å². The van der Waals surface area contributed by atoms with E-state index in [1.54, 1.807) is 6.08 Å². The van der Waals surface area contributed by atoms with Gasteiger partial charge in [0.25, 0.3) is 0 Å². The van der Waals surface area contributed by atoms with Crippen LogP contribution in [0.3, 0.4) is 0 Å². The highest BCUT2D eigenvalue weighted by Gasteiger charge is 2.27. The van der Waals surface area contributed by atoms with E-state index in [0.717, 1.165) is 44.9 Å². The van der Waals surface area contributed by atoms with Crippen LogP contribution in [0, 0.1) is 0 Å². The molecule has 0 saturated heterocycles. The van der Waals surface area contributed by atoms with Gasteiger partial charge in [-0.1, -0.05) is 136 Å². The van der Waals surface area contributed by atoms with Crippen molar-refractivity contribution in [3.63, 3.8) is 0 Å². The smallest absolute Gasteiger partial charge is 0.462 e. The molecule has 12 heteroatoms. The van der Waals surface area contributed by atoms with Crippen molar-refractivity contribution in [3.8, 4) is 0 Å². The van der Waals surface area contributed by atoms with Crippen LogP contribution in [0.4, 0.5) is 0 Å². The average Bonchev–Trinajstić information content (AvgIpc) is 3.21. The molecule has 0 aromatic rings. The maximum absolute atomic E-state index is 12.6. The summed E-state index contributed by atoms with van der Waals surface area (Å²) >= 11 is 0. The molecule has 58 heavy (non-hydrogen) atoms. The lowest BCUT2D eigenvalue weighted by Crippen LogP contribution is -2.29. The molecule has 0 radical (unpaired) electrons. The maximum Gasteiger partial charge on any atom is 0.472 e. The fraction of sp³-hybridized carbons (Fsp3) is 0.565. The van der Waals surface area contributed by atoms with Crippen LogP contribution in [0.15, 0.2) is 109 Å². The van der Waals surface area contributed by atoms with E-state index in [1.807, 2.05) is 67.7 Å². The van der Waals surface area contributed by atoms with Gasteiger partial charge in [-0.2, -0.15) is 0 Å². The fourth-order valence-corrected chi connectivity index (χ4v) is 5.53. The van der Waals surface area contributed by atoms with E-state index in [9.17, 15) is 29.3 Å². The molecule has 0 aromatic carbocycles. The van der Waals surface area contributed by atoms with E-state index in [1.165, 1.54) is 19.3 Å². The van der Waals surface area contributed by atoms with Gasteiger partial charge in [0.1, 0.15) is 12.7 Å². The van der Waals surface area contributed by atoms with Gasteiger partial charge in [0, 0.05) is 12.8 Å². The molecule has 0 spiro atoms. The summed E-state index contributed by atoms with van der Waals surface area (Å²) in [6.07, 6.45) is 46.9. The third-order valence-corrected chi connectivity index (χ3v) is 8.94. The Hall–Kier alpha value is -3.41. The summed E-state index contributed by atoms with van der Waals surface area (Å²) < 4.78 is 32.5. The topological polar surface area (TPSA) is 169 Å². The molecule has 4 N–H and O–H groups in total. The number of phosphoric acid groups is 1. The summed E-state index contributed by atoms with van der Waals surface area (Å²) in [6, 6.07) is 0. The Bertz CT molecular complexity index is 1340. The third-order valence-electron chi connectivity index (χ3n) is 7.99. The maximum atomic E-state index is 12.6. The lowest BCUT2D eigenvalue weighted by molar-refractivity contribution is -0.161. The van der Waals surface area contributed by atoms with Gasteiger partial charge in [0.2, 0.25) is 0 Å². The Morgan fingerprint density at radius 1 is 0.603 bits per heavy atom. The van der Waals surface area contributed by atoms with Gasteiger partial charge >= 0.3 is 19.8 Å². The van der Waals surface area contributed by atoms with Gasteiger partial charge < -0.3 is 29.7 Å².